The zero-order valence-electron chi connectivity index (χ0n) is 14.1. The smallest absolute Gasteiger partial charge is 0.245 e. The molecule has 1 aromatic rings. The first kappa shape index (κ1) is 17.9. The molecule has 1 aliphatic carbocycles. The first-order valence-corrected chi connectivity index (χ1v) is 9.42. The molecular weight excluding hydrogens is 314 g/mol. The lowest BCUT2D eigenvalue weighted by Gasteiger charge is -2.33. The molecule has 6 nitrogen and oxygen atoms in total. The van der Waals surface area contributed by atoms with Gasteiger partial charge in [0.05, 0.1) is 6.54 Å². The van der Waals surface area contributed by atoms with Crippen molar-refractivity contribution in [3.8, 4) is 0 Å². The Balaban J connectivity index is 2.25. The van der Waals surface area contributed by atoms with Gasteiger partial charge in [0.1, 0.15) is 4.90 Å². The molecule has 128 valence electrons. The van der Waals surface area contributed by atoms with E-state index >= 15 is 0 Å². The second-order valence-electron chi connectivity index (χ2n) is 6.46. The van der Waals surface area contributed by atoms with Crippen LogP contribution in [0.1, 0.15) is 40.5 Å². The van der Waals surface area contributed by atoms with Crippen molar-refractivity contribution in [3.63, 3.8) is 0 Å². The van der Waals surface area contributed by atoms with Crippen LogP contribution in [-0.4, -0.2) is 53.2 Å². The average molecular weight is 339 g/mol. The van der Waals surface area contributed by atoms with Crippen molar-refractivity contribution in [2.45, 2.75) is 63.6 Å². The Labute approximate surface area is 138 Å². The minimum absolute atomic E-state index is 0.0321. The number of nitrogens with zero attached hydrogens (tertiary/aromatic N) is 3. The number of aromatic nitrogens is 1. The maximum atomic E-state index is 12.8. The van der Waals surface area contributed by atoms with Crippen LogP contribution in [0.4, 0.5) is 0 Å². The molecule has 0 spiro atoms. The molecule has 1 aromatic heterocycles. The highest BCUT2D eigenvalue weighted by Crippen LogP contribution is 2.32. The summed E-state index contributed by atoms with van der Waals surface area (Å²) in [6, 6.07) is 3.10. The van der Waals surface area contributed by atoms with Crippen LogP contribution in [0.25, 0.3) is 0 Å². The van der Waals surface area contributed by atoms with Crippen molar-refractivity contribution in [3.05, 3.63) is 24.5 Å². The van der Waals surface area contributed by atoms with E-state index in [4.69, 9.17) is 0 Å². The molecule has 0 aromatic carbocycles. The predicted molar refractivity (Wildman–Crippen MR) is 88.3 cm³/mol. The fourth-order valence-corrected chi connectivity index (χ4v) is 4.39. The van der Waals surface area contributed by atoms with Crippen LogP contribution in [0, 0.1) is 0 Å². The summed E-state index contributed by atoms with van der Waals surface area (Å²) >= 11 is 0. The Morgan fingerprint density at radius 1 is 1.26 bits per heavy atom. The number of pyridine rings is 1. The molecule has 2 rings (SSSR count). The van der Waals surface area contributed by atoms with E-state index in [2.05, 4.69) is 4.98 Å². The summed E-state index contributed by atoms with van der Waals surface area (Å²) in [7, 11) is -3.69. The van der Waals surface area contributed by atoms with E-state index < -0.39 is 10.0 Å². The van der Waals surface area contributed by atoms with Gasteiger partial charge in [0.2, 0.25) is 15.9 Å². The van der Waals surface area contributed by atoms with Crippen LogP contribution in [0.5, 0.6) is 0 Å². The minimum Gasteiger partial charge on any atom is -0.337 e. The van der Waals surface area contributed by atoms with E-state index in [-0.39, 0.29) is 35.5 Å². The van der Waals surface area contributed by atoms with Crippen molar-refractivity contribution in [1.82, 2.24) is 14.2 Å². The minimum atomic E-state index is -3.69. The Morgan fingerprint density at radius 2 is 1.87 bits per heavy atom. The lowest BCUT2D eigenvalue weighted by Crippen LogP contribution is -2.48. The third-order valence-corrected chi connectivity index (χ3v) is 5.77. The zero-order valence-corrected chi connectivity index (χ0v) is 15.0. The van der Waals surface area contributed by atoms with Gasteiger partial charge in [-0.15, -0.1) is 0 Å². The van der Waals surface area contributed by atoms with Gasteiger partial charge < -0.3 is 4.90 Å². The van der Waals surface area contributed by atoms with Gasteiger partial charge in [0.25, 0.3) is 0 Å². The van der Waals surface area contributed by atoms with Gasteiger partial charge in [-0.05, 0) is 52.7 Å². The van der Waals surface area contributed by atoms with Crippen molar-refractivity contribution >= 4 is 15.9 Å². The predicted octanol–water partition coefficient (Wildman–Crippen LogP) is 1.88. The Kier molecular flexibility index (Phi) is 5.41. The lowest BCUT2D eigenvalue weighted by atomic mass is 10.2. The summed E-state index contributed by atoms with van der Waals surface area (Å²) in [5.74, 6) is -0.158. The Morgan fingerprint density at radius 3 is 2.30 bits per heavy atom. The van der Waals surface area contributed by atoms with E-state index in [0.717, 1.165) is 12.8 Å². The second kappa shape index (κ2) is 6.97. The van der Waals surface area contributed by atoms with E-state index in [1.165, 1.54) is 22.8 Å². The number of hydrogen-bond acceptors (Lipinski definition) is 4. The van der Waals surface area contributed by atoms with Crippen LogP contribution in [0.2, 0.25) is 0 Å². The topological polar surface area (TPSA) is 70.6 Å². The molecule has 7 heteroatoms. The maximum absolute atomic E-state index is 12.8. The van der Waals surface area contributed by atoms with Crippen molar-refractivity contribution in [2.75, 3.05) is 6.54 Å². The largest absolute Gasteiger partial charge is 0.337 e. The molecule has 1 amide bonds. The summed E-state index contributed by atoms with van der Waals surface area (Å²) in [4.78, 5) is 18.4. The molecule has 0 unspecified atom stereocenters. The quantitative estimate of drug-likeness (QED) is 0.760. The van der Waals surface area contributed by atoms with Crippen LogP contribution in [-0.2, 0) is 14.8 Å². The SMILES string of the molecule is CC(C)N(C(=O)CN(C1CC1)S(=O)(=O)c1cccnc1)C(C)C. The highest BCUT2D eigenvalue weighted by atomic mass is 32.2. The first-order valence-electron chi connectivity index (χ1n) is 7.98. The lowest BCUT2D eigenvalue weighted by molar-refractivity contribution is -0.135. The van der Waals surface area contributed by atoms with Gasteiger partial charge in [-0.1, -0.05) is 0 Å². The summed E-state index contributed by atoms with van der Waals surface area (Å²) in [5, 5.41) is 0. The van der Waals surface area contributed by atoms with Crippen LogP contribution in [0.3, 0.4) is 0 Å². The normalized spacial score (nSPS) is 15.4. The first-order chi connectivity index (χ1) is 10.7. The highest BCUT2D eigenvalue weighted by Gasteiger charge is 2.40. The third kappa shape index (κ3) is 4.09. The monoisotopic (exact) mass is 339 g/mol. The molecule has 0 bridgehead atoms. The van der Waals surface area contributed by atoms with E-state index in [1.807, 2.05) is 27.7 Å². The van der Waals surface area contributed by atoms with Crippen LogP contribution in [0.15, 0.2) is 29.4 Å². The molecule has 0 aliphatic heterocycles. The van der Waals surface area contributed by atoms with Crippen LogP contribution < -0.4 is 0 Å². The van der Waals surface area contributed by atoms with Crippen molar-refractivity contribution in [1.29, 1.82) is 0 Å². The Hall–Kier alpha value is -1.47. The number of amides is 1. The molecule has 0 radical (unpaired) electrons. The molecule has 0 saturated heterocycles. The third-order valence-electron chi connectivity index (χ3n) is 3.89. The van der Waals surface area contributed by atoms with Gasteiger partial charge in [0.15, 0.2) is 0 Å². The molecule has 1 aliphatic rings. The number of rotatable bonds is 7. The molecule has 1 fully saturated rings. The fraction of sp³-hybridized carbons (Fsp3) is 0.625. The molecule has 23 heavy (non-hydrogen) atoms. The van der Waals surface area contributed by atoms with E-state index in [1.54, 1.807) is 11.0 Å². The van der Waals surface area contributed by atoms with Gasteiger partial charge in [0, 0.05) is 30.5 Å². The van der Waals surface area contributed by atoms with Gasteiger partial charge in [-0.2, -0.15) is 4.31 Å². The molecule has 0 atom stereocenters. The van der Waals surface area contributed by atoms with Gasteiger partial charge in [-0.25, -0.2) is 8.42 Å². The summed E-state index contributed by atoms with van der Waals surface area (Å²) in [5.41, 5.74) is 0. The Bertz CT molecular complexity index is 632. The van der Waals surface area contributed by atoms with E-state index in [0.29, 0.717) is 0 Å². The molecular formula is C16H25N3O3S. The fourth-order valence-electron chi connectivity index (χ4n) is 2.80. The van der Waals surface area contributed by atoms with Gasteiger partial charge >= 0.3 is 0 Å². The summed E-state index contributed by atoms with van der Waals surface area (Å²) in [6.07, 6.45) is 4.47. The number of carbonyl (C=O) groups is 1. The molecule has 1 heterocycles. The summed E-state index contributed by atoms with van der Waals surface area (Å²) < 4.78 is 27.0. The zero-order chi connectivity index (χ0) is 17.2. The van der Waals surface area contributed by atoms with Gasteiger partial charge in [-0.3, -0.25) is 9.78 Å². The summed E-state index contributed by atoms with van der Waals surface area (Å²) in [6.45, 7) is 7.65. The number of sulfonamides is 1. The second-order valence-corrected chi connectivity index (χ2v) is 8.35. The molecule has 1 saturated carbocycles. The average Bonchev–Trinajstić information content (AvgIpc) is 3.29. The maximum Gasteiger partial charge on any atom is 0.245 e. The molecule has 0 N–H and O–H groups in total. The number of carbonyl (C=O) groups excluding carboxylic acids is 1. The number of hydrogen-bond donors (Lipinski definition) is 0. The van der Waals surface area contributed by atoms with Crippen molar-refractivity contribution < 1.29 is 13.2 Å². The van der Waals surface area contributed by atoms with E-state index in [9.17, 15) is 13.2 Å². The highest BCUT2D eigenvalue weighted by molar-refractivity contribution is 7.89. The van der Waals surface area contributed by atoms with Crippen LogP contribution >= 0.6 is 0 Å². The van der Waals surface area contributed by atoms with Crippen molar-refractivity contribution in [2.24, 2.45) is 0 Å². The standard InChI is InChI=1S/C16H25N3O3S/c1-12(2)19(13(3)4)16(20)11-18(14-7-8-14)23(21,22)15-6-5-9-17-10-15/h5-6,9-10,12-14H,7-8,11H2,1-4H3.